The molecule has 3 aromatic carbocycles. The summed E-state index contributed by atoms with van der Waals surface area (Å²) in [5.41, 5.74) is 0.817. The van der Waals surface area contributed by atoms with Gasteiger partial charge in [-0.15, -0.1) is 0 Å². The van der Waals surface area contributed by atoms with Crippen LogP contribution in [0.2, 0.25) is 0 Å². The number of ether oxygens (including phenoxy) is 8. The van der Waals surface area contributed by atoms with E-state index in [9.17, 15) is 24.0 Å². The Kier molecular flexibility index (Phi) is 12.9. The van der Waals surface area contributed by atoms with Crippen LogP contribution in [0.15, 0.2) is 85.5 Å². The molecule has 0 radical (unpaired) electrons. The van der Waals surface area contributed by atoms with E-state index in [1.807, 2.05) is 0 Å². The highest BCUT2D eigenvalue weighted by Crippen LogP contribution is 2.32. The van der Waals surface area contributed by atoms with Crippen LogP contribution in [0.5, 0.6) is 17.2 Å². The first-order chi connectivity index (χ1) is 24.7. The maximum atomic E-state index is 12.9. The molecule has 2 heterocycles. The van der Waals surface area contributed by atoms with Crippen molar-refractivity contribution in [1.82, 2.24) is 0 Å². The first kappa shape index (κ1) is 36.7. The number of unbranched alkanes of at least 4 members (excludes halogenated alkanes) is 3. The normalized spacial score (nSPS) is 18.9. The average molecular weight is 703 g/mol. The fourth-order valence-electron chi connectivity index (χ4n) is 5.36. The molecule has 0 N–H and O–H groups in total. The molecule has 2 aliphatic rings. The SMILES string of the molecule is C=CC(=O)OCCCCCCOc1ccc(C(=O)Oc2ccc(C(=O)O[C@H]3COC4C3OC[C@@H]4OC(=O)c3ccc(OC(C)=O)cc3)cc2)cc1. The van der Waals surface area contributed by atoms with Crippen molar-refractivity contribution in [2.45, 2.75) is 57.0 Å². The van der Waals surface area contributed by atoms with E-state index in [2.05, 4.69) is 6.58 Å². The zero-order valence-corrected chi connectivity index (χ0v) is 28.0. The van der Waals surface area contributed by atoms with E-state index >= 15 is 0 Å². The van der Waals surface area contributed by atoms with Crippen LogP contribution in [0.3, 0.4) is 0 Å². The monoisotopic (exact) mass is 702 g/mol. The molecule has 2 aliphatic heterocycles. The quantitative estimate of drug-likeness (QED) is 0.0643. The molecule has 0 aromatic heterocycles. The second-order valence-electron chi connectivity index (χ2n) is 11.7. The van der Waals surface area contributed by atoms with Gasteiger partial charge in [0.2, 0.25) is 0 Å². The summed E-state index contributed by atoms with van der Waals surface area (Å²) >= 11 is 0. The van der Waals surface area contributed by atoms with Gasteiger partial charge in [-0.2, -0.15) is 0 Å². The first-order valence-corrected chi connectivity index (χ1v) is 16.5. The number of fused-ring (bicyclic) bond motifs is 1. The standard InChI is InChI=1S/C38H38O13/c1-3-33(40)45-21-7-5-4-6-20-44-28-14-8-25(9-15-28)36(41)49-30-18-12-27(13-19-30)38(43)51-32-23-47-34-31(22-46-35(32)34)50-37(42)26-10-16-29(17-11-26)48-24(2)39/h3,8-19,31-32,34-35H,1,4-7,20-23H2,2H3/t31-,32-,34?,35?/m0/s1. The van der Waals surface area contributed by atoms with Gasteiger partial charge in [0.25, 0.3) is 0 Å². The van der Waals surface area contributed by atoms with Crippen molar-refractivity contribution >= 4 is 29.8 Å². The van der Waals surface area contributed by atoms with E-state index in [-0.39, 0.29) is 30.1 Å². The third-order valence-corrected chi connectivity index (χ3v) is 7.94. The maximum Gasteiger partial charge on any atom is 0.343 e. The Labute approximate surface area is 294 Å². The van der Waals surface area contributed by atoms with Gasteiger partial charge in [0.1, 0.15) is 29.5 Å². The molecule has 4 atom stereocenters. The Morgan fingerprint density at radius 1 is 0.627 bits per heavy atom. The molecule has 2 unspecified atom stereocenters. The van der Waals surface area contributed by atoms with Crippen molar-refractivity contribution in [2.24, 2.45) is 0 Å². The summed E-state index contributed by atoms with van der Waals surface area (Å²) in [6.45, 7) is 5.65. The molecule has 2 fully saturated rings. The number of hydrogen-bond donors (Lipinski definition) is 0. The van der Waals surface area contributed by atoms with Crippen molar-refractivity contribution in [3.63, 3.8) is 0 Å². The Morgan fingerprint density at radius 3 is 1.57 bits per heavy atom. The molecule has 3 aromatic rings. The van der Waals surface area contributed by atoms with Crippen molar-refractivity contribution in [3.8, 4) is 17.2 Å². The molecular formula is C38H38O13. The summed E-state index contributed by atoms with van der Waals surface area (Å²) in [5, 5.41) is 0. The lowest BCUT2D eigenvalue weighted by Gasteiger charge is -2.17. The van der Waals surface area contributed by atoms with Crippen LogP contribution in [-0.2, 0) is 33.3 Å². The summed E-state index contributed by atoms with van der Waals surface area (Å²) in [5.74, 6) is -1.52. The molecule has 5 rings (SSSR count). The zero-order chi connectivity index (χ0) is 36.2. The Hall–Kier alpha value is -5.53. The van der Waals surface area contributed by atoms with Crippen LogP contribution >= 0.6 is 0 Å². The smallest absolute Gasteiger partial charge is 0.343 e. The molecule has 0 amide bonds. The number of esters is 5. The molecule has 13 nitrogen and oxygen atoms in total. The van der Waals surface area contributed by atoms with Crippen molar-refractivity contribution in [1.29, 1.82) is 0 Å². The van der Waals surface area contributed by atoms with E-state index < -0.39 is 54.3 Å². The lowest BCUT2D eigenvalue weighted by Crippen LogP contribution is -2.36. The topological polar surface area (TPSA) is 159 Å². The summed E-state index contributed by atoms with van der Waals surface area (Å²) in [6, 6.07) is 18.5. The van der Waals surface area contributed by atoms with Crippen molar-refractivity contribution in [3.05, 3.63) is 102 Å². The van der Waals surface area contributed by atoms with Crippen LogP contribution in [0.25, 0.3) is 0 Å². The molecular weight excluding hydrogens is 664 g/mol. The highest BCUT2D eigenvalue weighted by molar-refractivity contribution is 5.92. The number of rotatable bonds is 16. The molecule has 0 spiro atoms. The third kappa shape index (κ3) is 10.5. The van der Waals surface area contributed by atoms with Gasteiger partial charge in [0.15, 0.2) is 12.2 Å². The Balaban J connectivity index is 1.02. The lowest BCUT2D eigenvalue weighted by atomic mass is 10.1. The average Bonchev–Trinajstić information content (AvgIpc) is 3.72. The van der Waals surface area contributed by atoms with Crippen LogP contribution in [0.1, 0.15) is 63.7 Å². The van der Waals surface area contributed by atoms with E-state index in [0.717, 1.165) is 31.8 Å². The summed E-state index contributed by atoms with van der Waals surface area (Å²) in [4.78, 5) is 60.4. The predicted molar refractivity (Wildman–Crippen MR) is 179 cm³/mol. The van der Waals surface area contributed by atoms with Gasteiger partial charge in [0, 0.05) is 13.0 Å². The van der Waals surface area contributed by atoms with Crippen LogP contribution < -0.4 is 14.2 Å². The fraction of sp³-hybridized carbons (Fsp3) is 0.342. The summed E-state index contributed by atoms with van der Waals surface area (Å²) in [6.07, 6.45) is 1.92. The molecule has 51 heavy (non-hydrogen) atoms. The minimum Gasteiger partial charge on any atom is -0.494 e. The largest absolute Gasteiger partial charge is 0.494 e. The van der Waals surface area contributed by atoms with E-state index in [1.165, 1.54) is 55.5 Å². The molecule has 268 valence electrons. The predicted octanol–water partition coefficient (Wildman–Crippen LogP) is 5.05. The highest BCUT2D eigenvalue weighted by Gasteiger charge is 2.51. The molecule has 2 saturated heterocycles. The summed E-state index contributed by atoms with van der Waals surface area (Å²) in [7, 11) is 0. The minimum atomic E-state index is -0.723. The molecule has 0 aliphatic carbocycles. The number of benzene rings is 3. The third-order valence-electron chi connectivity index (χ3n) is 7.94. The van der Waals surface area contributed by atoms with Gasteiger partial charge in [-0.3, -0.25) is 4.79 Å². The Morgan fingerprint density at radius 2 is 1.08 bits per heavy atom. The zero-order valence-electron chi connectivity index (χ0n) is 28.0. The number of hydrogen-bond acceptors (Lipinski definition) is 13. The number of carbonyl (C=O) groups excluding carboxylic acids is 5. The first-order valence-electron chi connectivity index (χ1n) is 16.5. The van der Waals surface area contributed by atoms with Crippen LogP contribution in [-0.4, -0.2) is 80.7 Å². The van der Waals surface area contributed by atoms with Gasteiger partial charge in [-0.25, -0.2) is 19.2 Å². The fourth-order valence-corrected chi connectivity index (χ4v) is 5.36. The highest BCUT2D eigenvalue weighted by atomic mass is 16.7. The van der Waals surface area contributed by atoms with Crippen molar-refractivity contribution < 1.29 is 61.9 Å². The summed E-state index contributed by atoms with van der Waals surface area (Å²) < 4.78 is 43.9. The van der Waals surface area contributed by atoms with E-state index in [0.29, 0.717) is 30.3 Å². The molecule has 0 saturated carbocycles. The van der Waals surface area contributed by atoms with E-state index in [1.54, 1.807) is 24.3 Å². The number of carbonyl (C=O) groups is 5. The van der Waals surface area contributed by atoms with Crippen LogP contribution in [0.4, 0.5) is 0 Å². The second-order valence-corrected chi connectivity index (χ2v) is 11.7. The molecule has 0 bridgehead atoms. The van der Waals surface area contributed by atoms with Crippen LogP contribution in [0, 0.1) is 0 Å². The Bertz CT molecular complexity index is 1680. The minimum absolute atomic E-state index is 0.0579. The van der Waals surface area contributed by atoms with Gasteiger partial charge in [-0.1, -0.05) is 6.58 Å². The van der Waals surface area contributed by atoms with Gasteiger partial charge >= 0.3 is 29.8 Å². The van der Waals surface area contributed by atoms with Crippen molar-refractivity contribution in [2.75, 3.05) is 26.4 Å². The molecule has 13 heteroatoms. The second kappa shape index (κ2) is 17.9. The van der Waals surface area contributed by atoms with Gasteiger partial charge in [0.05, 0.1) is 43.1 Å². The lowest BCUT2D eigenvalue weighted by molar-refractivity contribution is -0.138. The van der Waals surface area contributed by atoms with Gasteiger partial charge < -0.3 is 37.9 Å². The van der Waals surface area contributed by atoms with Gasteiger partial charge in [-0.05, 0) is 98.5 Å². The van der Waals surface area contributed by atoms with E-state index in [4.69, 9.17) is 37.9 Å². The maximum absolute atomic E-state index is 12.9.